The molecule has 17 heavy (non-hydrogen) atoms. The zero-order valence-electron chi connectivity index (χ0n) is 9.98. The summed E-state index contributed by atoms with van der Waals surface area (Å²) in [5, 5.41) is 5.00. The number of hydrogen-bond donors (Lipinski definition) is 1. The fraction of sp³-hybridized carbons (Fsp3) is 0.615. The molecule has 2 heterocycles. The van der Waals surface area contributed by atoms with Crippen molar-refractivity contribution in [2.45, 2.75) is 38.2 Å². The van der Waals surface area contributed by atoms with E-state index >= 15 is 0 Å². The minimum atomic E-state index is 0.149. The summed E-state index contributed by atoms with van der Waals surface area (Å²) in [4.78, 5) is 12.8. The number of rotatable bonds is 6. The van der Waals surface area contributed by atoms with Gasteiger partial charge in [0.25, 0.3) is 0 Å². The number of aryl methyl sites for hydroxylation is 1. The predicted molar refractivity (Wildman–Crippen MR) is 69.2 cm³/mol. The van der Waals surface area contributed by atoms with Crippen LogP contribution in [0.2, 0.25) is 0 Å². The van der Waals surface area contributed by atoms with Gasteiger partial charge in [-0.25, -0.2) is 0 Å². The zero-order valence-corrected chi connectivity index (χ0v) is 10.8. The van der Waals surface area contributed by atoms with Gasteiger partial charge in [-0.15, -0.1) is 11.3 Å². The molecule has 0 bridgehead atoms. The standard InChI is InChI=1S/C13H19NO2S/c15-13(6-5-12-4-2-10-17-12)14-8-7-11-3-1-9-16-11/h2,4,10-11H,1,3,5-9H2,(H,14,15). The lowest BCUT2D eigenvalue weighted by atomic mass is 10.2. The molecule has 1 aromatic heterocycles. The number of thiophene rings is 1. The molecule has 1 atom stereocenters. The summed E-state index contributed by atoms with van der Waals surface area (Å²) in [6.45, 7) is 1.63. The zero-order chi connectivity index (χ0) is 11.9. The van der Waals surface area contributed by atoms with Gasteiger partial charge in [-0.1, -0.05) is 6.07 Å². The van der Waals surface area contributed by atoms with E-state index in [1.54, 1.807) is 11.3 Å². The highest BCUT2D eigenvalue weighted by atomic mass is 32.1. The Morgan fingerprint density at radius 1 is 1.59 bits per heavy atom. The third-order valence-corrected chi connectivity index (χ3v) is 3.93. The van der Waals surface area contributed by atoms with Gasteiger partial charge in [0.15, 0.2) is 0 Å². The van der Waals surface area contributed by atoms with Gasteiger partial charge in [-0.3, -0.25) is 4.79 Å². The number of amides is 1. The number of ether oxygens (including phenoxy) is 1. The Balaban J connectivity index is 1.54. The van der Waals surface area contributed by atoms with Crippen LogP contribution in [0.1, 0.15) is 30.6 Å². The first kappa shape index (κ1) is 12.6. The lowest BCUT2D eigenvalue weighted by Gasteiger charge is -2.09. The molecular weight excluding hydrogens is 234 g/mol. The van der Waals surface area contributed by atoms with Gasteiger partial charge >= 0.3 is 0 Å². The minimum Gasteiger partial charge on any atom is -0.378 e. The van der Waals surface area contributed by atoms with Crippen LogP contribution in [0.5, 0.6) is 0 Å². The first-order valence-corrected chi connectivity index (χ1v) is 7.13. The van der Waals surface area contributed by atoms with E-state index in [9.17, 15) is 4.79 Å². The minimum absolute atomic E-state index is 0.149. The molecule has 2 rings (SSSR count). The molecule has 0 spiro atoms. The van der Waals surface area contributed by atoms with Crippen LogP contribution in [-0.4, -0.2) is 25.2 Å². The molecule has 0 radical (unpaired) electrons. The summed E-state index contributed by atoms with van der Waals surface area (Å²) in [6, 6.07) is 4.10. The number of carbonyl (C=O) groups excluding carboxylic acids is 1. The second kappa shape index (κ2) is 6.77. The lowest BCUT2D eigenvalue weighted by Crippen LogP contribution is -2.27. The van der Waals surface area contributed by atoms with E-state index in [0.717, 1.165) is 38.8 Å². The van der Waals surface area contributed by atoms with Crippen molar-refractivity contribution in [1.82, 2.24) is 5.32 Å². The maximum atomic E-state index is 11.6. The van der Waals surface area contributed by atoms with E-state index in [1.165, 1.54) is 4.88 Å². The Morgan fingerprint density at radius 2 is 2.53 bits per heavy atom. The van der Waals surface area contributed by atoms with Gasteiger partial charge in [-0.05, 0) is 37.1 Å². The first-order valence-electron chi connectivity index (χ1n) is 6.25. The second-order valence-corrected chi connectivity index (χ2v) is 5.39. The fourth-order valence-electron chi connectivity index (χ4n) is 2.02. The molecule has 1 saturated heterocycles. The SMILES string of the molecule is O=C(CCc1cccs1)NCCC1CCCO1. The summed E-state index contributed by atoms with van der Waals surface area (Å²) >= 11 is 1.71. The molecule has 1 aromatic rings. The predicted octanol–water partition coefficient (Wildman–Crippen LogP) is 2.37. The van der Waals surface area contributed by atoms with Gasteiger partial charge in [0.1, 0.15) is 0 Å². The second-order valence-electron chi connectivity index (χ2n) is 4.35. The van der Waals surface area contributed by atoms with Crippen molar-refractivity contribution < 1.29 is 9.53 Å². The van der Waals surface area contributed by atoms with Gasteiger partial charge in [0.05, 0.1) is 6.10 Å². The Hall–Kier alpha value is -0.870. The molecule has 0 aliphatic carbocycles. The Kier molecular flexibility index (Phi) is 5.01. The Bertz CT molecular complexity index is 331. The van der Waals surface area contributed by atoms with Crippen LogP contribution < -0.4 is 5.32 Å². The van der Waals surface area contributed by atoms with Gasteiger partial charge in [-0.2, -0.15) is 0 Å². The van der Waals surface area contributed by atoms with Gasteiger partial charge in [0.2, 0.25) is 5.91 Å². The maximum Gasteiger partial charge on any atom is 0.220 e. The summed E-state index contributed by atoms with van der Waals surface area (Å²) in [5.41, 5.74) is 0. The summed E-state index contributed by atoms with van der Waals surface area (Å²) < 4.78 is 5.50. The highest BCUT2D eigenvalue weighted by Crippen LogP contribution is 2.14. The molecule has 1 aliphatic heterocycles. The van der Waals surface area contributed by atoms with Crippen LogP contribution in [-0.2, 0) is 16.0 Å². The Morgan fingerprint density at radius 3 is 3.24 bits per heavy atom. The van der Waals surface area contributed by atoms with E-state index in [0.29, 0.717) is 12.5 Å². The van der Waals surface area contributed by atoms with Crippen molar-refractivity contribution >= 4 is 17.2 Å². The average molecular weight is 253 g/mol. The fourth-order valence-corrected chi connectivity index (χ4v) is 2.73. The quantitative estimate of drug-likeness (QED) is 0.845. The summed E-state index contributed by atoms with van der Waals surface area (Å²) in [5.74, 6) is 0.149. The molecule has 1 N–H and O–H groups in total. The third kappa shape index (κ3) is 4.48. The van der Waals surface area contributed by atoms with Crippen LogP contribution in [0, 0.1) is 0 Å². The van der Waals surface area contributed by atoms with Crippen LogP contribution in [0.15, 0.2) is 17.5 Å². The van der Waals surface area contributed by atoms with Crippen LogP contribution in [0.3, 0.4) is 0 Å². The van der Waals surface area contributed by atoms with E-state index < -0.39 is 0 Å². The number of carbonyl (C=O) groups is 1. The van der Waals surface area contributed by atoms with Crippen LogP contribution >= 0.6 is 11.3 Å². The van der Waals surface area contributed by atoms with Crippen molar-refractivity contribution in [3.8, 4) is 0 Å². The molecule has 3 nitrogen and oxygen atoms in total. The van der Waals surface area contributed by atoms with Crippen molar-refractivity contribution in [2.75, 3.05) is 13.2 Å². The third-order valence-electron chi connectivity index (χ3n) is 2.99. The highest BCUT2D eigenvalue weighted by Gasteiger charge is 2.14. The van der Waals surface area contributed by atoms with Gasteiger partial charge in [0, 0.05) is 24.4 Å². The van der Waals surface area contributed by atoms with Crippen molar-refractivity contribution in [3.05, 3.63) is 22.4 Å². The summed E-state index contributed by atoms with van der Waals surface area (Å²) in [6.07, 6.45) is 5.06. The monoisotopic (exact) mass is 253 g/mol. The molecule has 0 aromatic carbocycles. The normalized spacial score (nSPS) is 19.4. The van der Waals surface area contributed by atoms with E-state index in [-0.39, 0.29) is 5.91 Å². The molecule has 1 fully saturated rings. The molecule has 94 valence electrons. The lowest BCUT2D eigenvalue weighted by molar-refractivity contribution is -0.121. The smallest absolute Gasteiger partial charge is 0.220 e. The molecule has 1 unspecified atom stereocenters. The Labute approximate surface area is 106 Å². The largest absolute Gasteiger partial charge is 0.378 e. The van der Waals surface area contributed by atoms with Crippen molar-refractivity contribution in [2.24, 2.45) is 0 Å². The maximum absolute atomic E-state index is 11.6. The molecule has 1 aliphatic rings. The van der Waals surface area contributed by atoms with Crippen molar-refractivity contribution in [3.63, 3.8) is 0 Å². The molecule has 0 saturated carbocycles. The van der Waals surface area contributed by atoms with Gasteiger partial charge < -0.3 is 10.1 Å². The number of nitrogens with one attached hydrogen (secondary N) is 1. The van der Waals surface area contributed by atoms with Crippen LogP contribution in [0.25, 0.3) is 0 Å². The summed E-state index contributed by atoms with van der Waals surface area (Å²) in [7, 11) is 0. The van der Waals surface area contributed by atoms with E-state index in [1.807, 2.05) is 11.4 Å². The highest BCUT2D eigenvalue weighted by molar-refractivity contribution is 7.09. The van der Waals surface area contributed by atoms with Crippen LogP contribution in [0.4, 0.5) is 0 Å². The average Bonchev–Trinajstić information content (AvgIpc) is 2.99. The van der Waals surface area contributed by atoms with Crippen molar-refractivity contribution in [1.29, 1.82) is 0 Å². The molecule has 1 amide bonds. The molecule has 4 heteroatoms. The molecular formula is C13H19NO2S. The van der Waals surface area contributed by atoms with E-state index in [2.05, 4.69) is 11.4 Å². The topological polar surface area (TPSA) is 38.3 Å². The van der Waals surface area contributed by atoms with E-state index in [4.69, 9.17) is 4.74 Å². The first-order chi connectivity index (χ1) is 8.34. The number of hydrogen-bond acceptors (Lipinski definition) is 3.